The molecule has 9 nitrogen and oxygen atoms in total. The Morgan fingerprint density at radius 3 is 1.37 bits per heavy atom. The Kier molecular flexibility index (Phi) is 6.80. The number of furan rings is 2. The summed E-state index contributed by atoms with van der Waals surface area (Å²) in [4.78, 5) is 13.7. The Bertz CT molecular complexity index is 3850. The minimum atomic E-state index is -0.255. The van der Waals surface area contributed by atoms with Crippen LogP contribution in [0.25, 0.3) is 49.4 Å². The highest BCUT2D eigenvalue weighted by molar-refractivity contribution is 6.99. The van der Waals surface area contributed by atoms with Gasteiger partial charge in [-0.1, -0.05) is 66.7 Å². The minimum Gasteiger partial charge on any atom is -0.468 e. The molecule has 4 aliphatic heterocycles. The summed E-state index contributed by atoms with van der Waals surface area (Å²) in [6.07, 6.45) is 7.44. The minimum absolute atomic E-state index is 0.255. The molecule has 11 heteroatoms. The van der Waals surface area contributed by atoms with Crippen molar-refractivity contribution >= 4 is 124 Å². The van der Waals surface area contributed by atoms with E-state index in [1.807, 2.05) is 49.1 Å². The summed E-state index contributed by atoms with van der Waals surface area (Å²) in [7, 11) is 0. The summed E-state index contributed by atoms with van der Waals surface area (Å²) < 4.78 is 30.5. The number of aromatic nitrogens is 3. The molecule has 5 aromatic heterocycles. The van der Waals surface area contributed by atoms with E-state index in [2.05, 4.69) is 164 Å². The molecule has 0 amide bonds. The normalized spacial score (nSPS) is 13.8. The standard InChI is InChI=1S/C56H31B2N5O4/c1-2-12-32(13-3-1)61-43-28-49-39(57-51-41(18-8-22-47(51)64-49)62(33-14-10-24-59-30-33)53-35-16-4-6-20-45(35)66-55(53)57)26-37(43)38-27-40-50(29-44(38)61)65-48-23-9-19-42-52(48)58(40)56-54(36-17-5-7-21-46(36)67-56)63(42)34-15-11-25-60-31-34/h1-31H. The number of anilines is 6. The lowest BCUT2D eigenvalue weighted by molar-refractivity contribution is 0.487. The maximum atomic E-state index is 7.06. The van der Waals surface area contributed by atoms with Gasteiger partial charge >= 0.3 is 13.4 Å². The Morgan fingerprint density at radius 2 is 0.881 bits per heavy atom. The molecule has 0 bridgehead atoms. The number of para-hydroxylation sites is 3. The van der Waals surface area contributed by atoms with Gasteiger partial charge in [-0.2, -0.15) is 0 Å². The molecule has 0 radical (unpaired) electrons. The van der Waals surface area contributed by atoms with Crippen molar-refractivity contribution in [3.8, 4) is 28.7 Å². The highest BCUT2D eigenvalue weighted by Gasteiger charge is 2.48. The molecule has 0 spiro atoms. The van der Waals surface area contributed by atoms with E-state index in [1.54, 1.807) is 0 Å². The van der Waals surface area contributed by atoms with Crippen LogP contribution in [-0.4, -0.2) is 28.0 Å². The number of ether oxygens (including phenoxy) is 2. The molecule has 0 aliphatic carbocycles. The number of nitrogens with zero attached hydrogens (tertiary/aromatic N) is 5. The van der Waals surface area contributed by atoms with Crippen molar-refractivity contribution in [2.75, 3.05) is 9.80 Å². The predicted octanol–water partition coefficient (Wildman–Crippen LogP) is 9.88. The van der Waals surface area contributed by atoms with Crippen LogP contribution in [0.1, 0.15) is 0 Å². The van der Waals surface area contributed by atoms with Crippen LogP contribution in [0.5, 0.6) is 23.0 Å². The van der Waals surface area contributed by atoms with Crippen LogP contribution < -0.4 is 52.4 Å². The summed E-state index contributed by atoms with van der Waals surface area (Å²) in [6.45, 7) is -0.509. The number of hydrogen-bond acceptors (Lipinski definition) is 8. The number of fused-ring (bicyclic) bond motifs is 15. The molecule has 67 heavy (non-hydrogen) atoms. The molecule has 310 valence electrons. The van der Waals surface area contributed by atoms with Crippen LogP contribution in [0, 0.1) is 0 Å². The van der Waals surface area contributed by atoms with E-state index < -0.39 is 0 Å². The second kappa shape index (κ2) is 12.9. The molecular formula is C56H31B2N5O4. The first-order valence-corrected chi connectivity index (χ1v) is 22.5. The highest BCUT2D eigenvalue weighted by atomic mass is 16.5. The second-order valence-corrected chi connectivity index (χ2v) is 17.6. The van der Waals surface area contributed by atoms with Crippen molar-refractivity contribution in [2.45, 2.75) is 0 Å². The Balaban J connectivity index is 0.977. The number of rotatable bonds is 3. The van der Waals surface area contributed by atoms with Crippen molar-refractivity contribution in [1.29, 1.82) is 0 Å². The summed E-state index contributed by atoms with van der Waals surface area (Å²) in [5.74, 6) is 3.18. The zero-order chi connectivity index (χ0) is 43.5. The lowest BCUT2D eigenvalue weighted by atomic mass is 9.36. The van der Waals surface area contributed by atoms with Gasteiger partial charge in [0.2, 0.25) is 0 Å². The van der Waals surface area contributed by atoms with Crippen LogP contribution in [0.15, 0.2) is 197 Å². The molecule has 0 saturated heterocycles. The molecule has 12 aromatic rings. The Morgan fingerprint density at radius 1 is 0.403 bits per heavy atom. The Labute approximate surface area is 382 Å². The van der Waals surface area contributed by atoms with E-state index in [0.717, 1.165) is 140 Å². The van der Waals surface area contributed by atoms with E-state index in [1.165, 1.54) is 0 Å². The van der Waals surface area contributed by atoms with E-state index in [9.17, 15) is 0 Å². The monoisotopic (exact) mass is 859 g/mol. The SMILES string of the molecule is c1ccc(-n2c3cc4c(cc3c3cc5c(cc32)Oc2cccc3c2B5c2oc5ccccc5c2N3c2cccnc2)B2c3oc5ccccc5c3N(c3cccnc3)c3cccc(c32)O4)cc1. The molecule has 9 heterocycles. The molecule has 0 atom stereocenters. The smallest absolute Gasteiger partial charge is 0.301 e. The quantitative estimate of drug-likeness (QED) is 0.163. The summed E-state index contributed by atoms with van der Waals surface area (Å²) in [5, 5.41) is 4.26. The molecule has 4 aliphatic rings. The van der Waals surface area contributed by atoms with Gasteiger partial charge in [0.05, 0.1) is 57.5 Å². The third-order valence-electron chi connectivity index (χ3n) is 14.2. The maximum Gasteiger partial charge on any atom is 0.301 e. The van der Waals surface area contributed by atoms with Crippen molar-refractivity contribution in [2.24, 2.45) is 0 Å². The molecule has 7 aromatic carbocycles. The van der Waals surface area contributed by atoms with E-state index in [4.69, 9.17) is 18.3 Å². The summed E-state index contributed by atoms with van der Waals surface area (Å²) in [5.41, 5.74) is 16.7. The zero-order valence-corrected chi connectivity index (χ0v) is 35.4. The number of benzene rings is 7. The topological polar surface area (TPSA) is 81.9 Å². The van der Waals surface area contributed by atoms with Gasteiger partial charge in [0, 0.05) is 74.1 Å². The molecule has 0 fully saturated rings. The van der Waals surface area contributed by atoms with Crippen LogP contribution in [-0.2, 0) is 0 Å². The van der Waals surface area contributed by atoms with Crippen molar-refractivity contribution in [3.05, 3.63) is 189 Å². The van der Waals surface area contributed by atoms with Gasteiger partial charge in [-0.25, -0.2) is 0 Å². The van der Waals surface area contributed by atoms with Gasteiger partial charge in [0.1, 0.15) is 34.2 Å². The van der Waals surface area contributed by atoms with Crippen LogP contribution in [0.3, 0.4) is 0 Å². The second-order valence-electron chi connectivity index (χ2n) is 17.6. The first kappa shape index (κ1) is 35.4. The average Bonchev–Trinajstić information content (AvgIpc) is 4.05. The zero-order valence-electron chi connectivity index (χ0n) is 35.4. The summed E-state index contributed by atoms with van der Waals surface area (Å²) >= 11 is 0. The van der Waals surface area contributed by atoms with Gasteiger partial charge in [-0.15, -0.1) is 0 Å². The molecule has 0 N–H and O–H groups in total. The van der Waals surface area contributed by atoms with E-state index in [0.29, 0.717) is 0 Å². The van der Waals surface area contributed by atoms with Gasteiger partial charge in [-0.05, 0) is 95.9 Å². The fourth-order valence-corrected chi connectivity index (χ4v) is 11.6. The average molecular weight is 860 g/mol. The molecule has 16 rings (SSSR count). The van der Waals surface area contributed by atoms with Crippen LogP contribution in [0.2, 0.25) is 0 Å². The third kappa shape index (κ3) is 4.64. The fourth-order valence-electron chi connectivity index (χ4n) is 11.6. The first-order chi connectivity index (χ1) is 33.2. The van der Waals surface area contributed by atoms with Crippen LogP contribution >= 0.6 is 0 Å². The highest BCUT2D eigenvalue weighted by Crippen LogP contribution is 2.48. The fraction of sp³-hybridized carbons (Fsp3) is 0. The lowest BCUT2D eigenvalue weighted by Crippen LogP contribution is -2.59. The predicted molar refractivity (Wildman–Crippen MR) is 268 cm³/mol. The third-order valence-corrected chi connectivity index (χ3v) is 14.2. The number of hydrogen-bond donors (Lipinski definition) is 0. The van der Waals surface area contributed by atoms with Crippen molar-refractivity contribution < 1.29 is 18.3 Å². The maximum absolute atomic E-state index is 7.06. The molecule has 0 saturated carbocycles. The lowest BCUT2D eigenvalue weighted by Gasteiger charge is -2.37. The number of pyridine rings is 2. The van der Waals surface area contributed by atoms with Gasteiger partial charge in [-0.3, -0.25) is 9.97 Å². The van der Waals surface area contributed by atoms with Crippen molar-refractivity contribution in [3.63, 3.8) is 0 Å². The molecule has 0 unspecified atom stereocenters. The summed E-state index contributed by atoms with van der Waals surface area (Å²) in [6, 6.07) is 57.1. The van der Waals surface area contributed by atoms with E-state index >= 15 is 0 Å². The van der Waals surface area contributed by atoms with Gasteiger partial charge < -0.3 is 32.7 Å². The molecular weight excluding hydrogens is 828 g/mol. The Hall–Kier alpha value is -8.95. The van der Waals surface area contributed by atoms with E-state index in [-0.39, 0.29) is 13.4 Å². The first-order valence-electron chi connectivity index (χ1n) is 22.5. The van der Waals surface area contributed by atoms with Crippen LogP contribution in [0.4, 0.5) is 34.1 Å². The van der Waals surface area contributed by atoms with Gasteiger partial charge in [0.15, 0.2) is 0 Å². The van der Waals surface area contributed by atoms with Gasteiger partial charge in [0.25, 0.3) is 0 Å². The largest absolute Gasteiger partial charge is 0.468 e. The van der Waals surface area contributed by atoms with Crippen molar-refractivity contribution in [1.82, 2.24) is 14.5 Å².